The molecule has 2 N–H and O–H groups in total. The molecule has 0 atom stereocenters. The van der Waals surface area contributed by atoms with Crippen molar-refractivity contribution in [3.63, 3.8) is 0 Å². The maximum Gasteiger partial charge on any atom is 0.410 e. The van der Waals surface area contributed by atoms with Crippen LogP contribution in [0.2, 0.25) is 0 Å². The highest BCUT2D eigenvalue weighted by Gasteiger charge is 2.26. The van der Waals surface area contributed by atoms with Gasteiger partial charge in [-0.3, -0.25) is 0 Å². The highest BCUT2D eigenvalue weighted by Crippen LogP contribution is 2.36. The Kier molecular flexibility index (Phi) is 5.39. The molecular weight excluding hydrogens is 396 g/mol. The third kappa shape index (κ3) is 4.38. The van der Waals surface area contributed by atoms with E-state index in [4.69, 9.17) is 19.7 Å². The van der Waals surface area contributed by atoms with E-state index in [-0.39, 0.29) is 6.09 Å². The summed E-state index contributed by atoms with van der Waals surface area (Å²) in [6, 6.07) is 12.1. The summed E-state index contributed by atoms with van der Waals surface area (Å²) >= 11 is 0. The SMILES string of the molecule is COc1cc(-c2cccc(N3CCN(C(=O)OC(C)(C)C)CC3)c2)cc2onc(N)c12. The minimum absolute atomic E-state index is 0.257. The molecule has 1 aromatic heterocycles. The molecule has 4 rings (SSSR count). The zero-order valence-corrected chi connectivity index (χ0v) is 18.3. The molecule has 8 nitrogen and oxygen atoms in total. The van der Waals surface area contributed by atoms with E-state index in [9.17, 15) is 4.79 Å². The van der Waals surface area contributed by atoms with Crippen LogP contribution in [-0.4, -0.2) is 55.0 Å². The van der Waals surface area contributed by atoms with Crippen LogP contribution in [0, 0.1) is 0 Å². The third-order valence-electron chi connectivity index (χ3n) is 5.26. The molecule has 1 amide bonds. The number of nitrogen functional groups attached to an aromatic ring is 1. The number of hydrogen-bond donors (Lipinski definition) is 1. The Morgan fingerprint density at radius 2 is 1.84 bits per heavy atom. The van der Waals surface area contributed by atoms with Gasteiger partial charge in [-0.2, -0.15) is 0 Å². The number of carbonyl (C=O) groups excluding carboxylic acids is 1. The molecule has 1 aliphatic heterocycles. The Bertz CT molecular complexity index is 1090. The number of fused-ring (bicyclic) bond motifs is 1. The van der Waals surface area contributed by atoms with Crippen LogP contribution < -0.4 is 15.4 Å². The highest BCUT2D eigenvalue weighted by molar-refractivity contribution is 5.96. The lowest BCUT2D eigenvalue weighted by Gasteiger charge is -2.36. The van der Waals surface area contributed by atoms with Gasteiger partial charge in [0.15, 0.2) is 11.4 Å². The van der Waals surface area contributed by atoms with Crippen LogP contribution in [0.1, 0.15) is 20.8 Å². The van der Waals surface area contributed by atoms with Gasteiger partial charge in [0.1, 0.15) is 16.7 Å². The van der Waals surface area contributed by atoms with Crippen LogP contribution in [-0.2, 0) is 4.74 Å². The predicted octanol–water partition coefficient (Wildman–Crippen LogP) is 4.14. The van der Waals surface area contributed by atoms with Gasteiger partial charge in [0.05, 0.1) is 7.11 Å². The molecule has 1 saturated heterocycles. The van der Waals surface area contributed by atoms with Crippen molar-refractivity contribution in [1.29, 1.82) is 0 Å². The lowest BCUT2D eigenvalue weighted by atomic mass is 10.0. The number of benzene rings is 2. The number of methoxy groups -OCH3 is 1. The number of rotatable bonds is 3. The average molecular weight is 425 g/mol. The standard InChI is InChI=1S/C23H28N4O4/c1-23(2,3)30-22(28)27-10-8-26(9-11-27)17-7-5-6-15(12-17)16-13-18(29-4)20-19(14-16)31-25-21(20)24/h5-7,12-14H,8-11H2,1-4H3,(H2,24,25). The number of nitrogens with two attached hydrogens (primary N) is 1. The summed E-state index contributed by atoms with van der Waals surface area (Å²) in [7, 11) is 1.60. The highest BCUT2D eigenvalue weighted by atomic mass is 16.6. The van der Waals surface area contributed by atoms with Gasteiger partial charge in [-0.25, -0.2) is 4.79 Å². The molecule has 0 aliphatic carbocycles. The van der Waals surface area contributed by atoms with Crippen molar-refractivity contribution < 1.29 is 18.8 Å². The Morgan fingerprint density at radius 1 is 1.10 bits per heavy atom. The van der Waals surface area contributed by atoms with Gasteiger partial charge in [0, 0.05) is 31.9 Å². The second-order valence-corrected chi connectivity index (χ2v) is 8.62. The van der Waals surface area contributed by atoms with E-state index in [2.05, 4.69) is 22.2 Å². The van der Waals surface area contributed by atoms with E-state index in [1.165, 1.54) is 0 Å². The first-order chi connectivity index (χ1) is 14.7. The van der Waals surface area contributed by atoms with Gasteiger partial charge in [0.25, 0.3) is 0 Å². The molecule has 0 bridgehead atoms. The Morgan fingerprint density at radius 3 is 2.52 bits per heavy atom. The molecule has 164 valence electrons. The third-order valence-corrected chi connectivity index (χ3v) is 5.26. The molecule has 8 heteroatoms. The molecule has 1 fully saturated rings. The first kappa shape index (κ1) is 20.8. The monoisotopic (exact) mass is 424 g/mol. The maximum absolute atomic E-state index is 12.3. The van der Waals surface area contributed by atoms with Crippen molar-refractivity contribution >= 4 is 28.6 Å². The van der Waals surface area contributed by atoms with Crippen LogP contribution in [0.25, 0.3) is 22.1 Å². The number of amides is 1. The van der Waals surface area contributed by atoms with Gasteiger partial charge in [-0.15, -0.1) is 0 Å². The van der Waals surface area contributed by atoms with E-state index in [1.54, 1.807) is 12.0 Å². The Balaban J connectivity index is 1.52. The van der Waals surface area contributed by atoms with E-state index in [0.717, 1.165) is 29.9 Å². The van der Waals surface area contributed by atoms with Crippen molar-refractivity contribution in [2.24, 2.45) is 0 Å². The van der Waals surface area contributed by atoms with Crippen LogP contribution >= 0.6 is 0 Å². The minimum atomic E-state index is -0.487. The van der Waals surface area contributed by atoms with Crippen LogP contribution in [0.4, 0.5) is 16.3 Å². The topological polar surface area (TPSA) is 94.1 Å². The number of nitrogens with zero attached hydrogens (tertiary/aromatic N) is 3. The smallest absolute Gasteiger partial charge is 0.410 e. The van der Waals surface area contributed by atoms with Crippen molar-refractivity contribution in [1.82, 2.24) is 10.1 Å². The molecular formula is C23H28N4O4. The molecule has 1 aliphatic rings. The predicted molar refractivity (Wildman–Crippen MR) is 120 cm³/mol. The molecule has 0 unspecified atom stereocenters. The lowest BCUT2D eigenvalue weighted by Crippen LogP contribution is -2.50. The second-order valence-electron chi connectivity index (χ2n) is 8.62. The number of hydrogen-bond acceptors (Lipinski definition) is 7. The van der Waals surface area contributed by atoms with E-state index < -0.39 is 5.60 Å². The van der Waals surface area contributed by atoms with Gasteiger partial charge in [0.2, 0.25) is 0 Å². The number of carbonyl (C=O) groups is 1. The van der Waals surface area contributed by atoms with Crippen molar-refractivity contribution in [2.45, 2.75) is 26.4 Å². The normalized spacial score (nSPS) is 14.7. The van der Waals surface area contributed by atoms with Gasteiger partial charge in [-0.1, -0.05) is 17.3 Å². The van der Waals surface area contributed by atoms with Crippen molar-refractivity contribution in [2.75, 3.05) is 43.9 Å². The zero-order chi connectivity index (χ0) is 22.2. The summed E-state index contributed by atoms with van der Waals surface area (Å²) in [6.07, 6.45) is -0.257. The first-order valence-corrected chi connectivity index (χ1v) is 10.3. The fraction of sp³-hybridized carbons (Fsp3) is 0.391. The molecule has 3 aromatic rings. The summed E-state index contributed by atoms with van der Waals surface area (Å²) in [5.41, 5.74) is 9.08. The summed E-state index contributed by atoms with van der Waals surface area (Å²) in [6.45, 7) is 8.37. The number of piperazine rings is 1. The minimum Gasteiger partial charge on any atom is -0.496 e. The quantitative estimate of drug-likeness (QED) is 0.675. The summed E-state index contributed by atoms with van der Waals surface area (Å²) < 4.78 is 16.3. The first-order valence-electron chi connectivity index (χ1n) is 10.3. The summed E-state index contributed by atoms with van der Waals surface area (Å²) in [4.78, 5) is 16.3. The maximum atomic E-state index is 12.3. The molecule has 0 spiro atoms. The van der Waals surface area contributed by atoms with E-state index >= 15 is 0 Å². The fourth-order valence-electron chi connectivity index (χ4n) is 3.74. The largest absolute Gasteiger partial charge is 0.496 e. The van der Waals surface area contributed by atoms with Crippen LogP contribution in [0.3, 0.4) is 0 Å². The fourth-order valence-corrected chi connectivity index (χ4v) is 3.74. The van der Waals surface area contributed by atoms with E-state index in [1.807, 2.05) is 45.0 Å². The van der Waals surface area contributed by atoms with E-state index in [0.29, 0.717) is 35.6 Å². The molecule has 31 heavy (non-hydrogen) atoms. The summed E-state index contributed by atoms with van der Waals surface area (Å²) in [5, 5.41) is 4.53. The second kappa shape index (κ2) is 8.02. The number of ether oxygens (including phenoxy) is 2. The van der Waals surface area contributed by atoms with Crippen molar-refractivity contribution in [3.8, 4) is 16.9 Å². The molecule has 0 radical (unpaired) electrons. The molecule has 2 heterocycles. The average Bonchev–Trinajstić information content (AvgIpc) is 3.13. The van der Waals surface area contributed by atoms with Crippen LogP contribution in [0.5, 0.6) is 5.75 Å². The zero-order valence-electron chi connectivity index (χ0n) is 18.3. The Labute approximate surface area is 181 Å². The Hall–Kier alpha value is -3.42. The summed E-state index contributed by atoms with van der Waals surface area (Å²) in [5.74, 6) is 0.942. The molecule has 0 saturated carbocycles. The number of aromatic nitrogens is 1. The van der Waals surface area contributed by atoms with Gasteiger partial charge < -0.3 is 29.5 Å². The van der Waals surface area contributed by atoms with Crippen molar-refractivity contribution in [3.05, 3.63) is 36.4 Å². The van der Waals surface area contributed by atoms with Gasteiger partial charge >= 0.3 is 6.09 Å². The number of anilines is 2. The molecule has 2 aromatic carbocycles. The van der Waals surface area contributed by atoms with Crippen LogP contribution in [0.15, 0.2) is 40.9 Å². The van der Waals surface area contributed by atoms with Gasteiger partial charge in [-0.05, 0) is 56.2 Å². The lowest BCUT2D eigenvalue weighted by molar-refractivity contribution is 0.0240.